The maximum Gasteiger partial charge on any atom is 0.0768 e. The Morgan fingerprint density at radius 1 is 1.62 bits per heavy atom. The minimum Gasteiger partial charge on any atom is -0.376 e. The Balaban J connectivity index is 1.98. The molecule has 2 unspecified atom stereocenters. The fourth-order valence-electron chi connectivity index (χ4n) is 2.17. The molecule has 0 spiro atoms. The van der Waals surface area contributed by atoms with Crippen LogP contribution in [0.15, 0.2) is 12.4 Å². The predicted octanol–water partition coefficient (Wildman–Crippen LogP) is 1.86. The van der Waals surface area contributed by atoms with Gasteiger partial charge in [0.15, 0.2) is 0 Å². The number of hydrogen-bond donors (Lipinski definition) is 1. The molecule has 4 nitrogen and oxygen atoms in total. The molecule has 0 amide bonds. The number of ether oxygens (including phenoxy) is 1. The molecule has 2 atom stereocenters. The van der Waals surface area contributed by atoms with E-state index in [9.17, 15) is 0 Å². The molecule has 1 saturated heterocycles. The average Bonchev–Trinajstić information content (AvgIpc) is 2.78. The first-order valence-electron chi connectivity index (χ1n) is 6.21. The molecule has 16 heavy (non-hydrogen) atoms. The summed E-state index contributed by atoms with van der Waals surface area (Å²) in [6.45, 7) is 3.95. The highest BCUT2D eigenvalue weighted by atomic mass is 16.5. The molecule has 4 heteroatoms. The summed E-state index contributed by atoms with van der Waals surface area (Å²) in [5.74, 6) is 0. The van der Waals surface area contributed by atoms with Crippen molar-refractivity contribution in [2.75, 3.05) is 6.61 Å². The molecule has 2 rings (SSSR count). The van der Waals surface area contributed by atoms with Crippen LogP contribution in [0, 0.1) is 0 Å². The third-order valence-electron chi connectivity index (χ3n) is 3.11. The summed E-state index contributed by atoms with van der Waals surface area (Å²) >= 11 is 0. The van der Waals surface area contributed by atoms with Crippen LogP contribution in [0.5, 0.6) is 0 Å². The number of rotatable bonds is 4. The fraction of sp³-hybridized carbons (Fsp3) is 0.750. The molecule has 0 radical (unpaired) electrons. The smallest absolute Gasteiger partial charge is 0.0768 e. The van der Waals surface area contributed by atoms with Crippen LogP contribution in [-0.2, 0) is 11.3 Å². The lowest BCUT2D eigenvalue weighted by molar-refractivity contribution is -0.00000348. The van der Waals surface area contributed by atoms with E-state index in [1.807, 2.05) is 17.1 Å². The quantitative estimate of drug-likeness (QED) is 0.847. The van der Waals surface area contributed by atoms with E-state index in [0.717, 1.165) is 38.0 Å². The monoisotopic (exact) mass is 223 g/mol. The largest absolute Gasteiger partial charge is 0.376 e. The zero-order valence-electron chi connectivity index (χ0n) is 9.93. The van der Waals surface area contributed by atoms with Gasteiger partial charge in [-0.15, -0.1) is 0 Å². The van der Waals surface area contributed by atoms with Crippen molar-refractivity contribution in [3.05, 3.63) is 18.0 Å². The van der Waals surface area contributed by atoms with Gasteiger partial charge < -0.3 is 10.5 Å². The van der Waals surface area contributed by atoms with Gasteiger partial charge in [-0.05, 0) is 25.7 Å². The van der Waals surface area contributed by atoms with Crippen molar-refractivity contribution in [3.8, 4) is 0 Å². The van der Waals surface area contributed by atoms with Gasteiger partial charge in [0, 0.05) is 24.9 Å². The number of nitrogens with zero attached hydrogens (tertiary/aromatic N) is 2. The third-order valence-corrected chi connectivity index (χ3v) is 3.11. The second-order valence-corrected chi connectivity index (χ2v) is 4.47. The summed E-state index contributed by atoms with van der Waals surface area (Å²) in [5, 5.41) is 4.30. The Labute approximate surface area is 96.8 Å². The van der Waals surface area contributed by atoms with Crippen molar-refractivity contribution in [1.82, 2.24) is 9.78 Å². The molecule has 1 fully saturated rings. The fourth-order valence-corrected chi connectivity index (χ4v) is 2.17. The first-order chi connectivity index (χ1) is 7.81. The van der Waals surface area contributed by atoms with Crippen molar-refractivity contribution in [3.63, 3.8) is 0 Å². The van der Waals surface area contributed by atoms with Crippen molar-refractivity contribution in [1.29, 1.82) is 0 Å². The van der Waals surface area contributed by atoms with Crippen LogP contribution >= 0.6 is 0 Å². The first kappa shape index (κ1) is 11.6. The molecule has 2 heterocycles. The number of hydrogen-bond acceptors (Lipinski definition) is 3. The van der Waals surface area contributed by atoms with Crippen LogP contribution < -0.4 is 5.73 Å². The van der Waals surface area contributed by atoms with Gasteiger partial charge in [0.05, 0.1) is 18.3 Å². The molecule has 1 aromatic rings. The lowest BCUT2D eigenvalue weighted by Gasteiger charge is -2.27. The maximum absolute atomic E-state index is 6.20. The molecule has 1 aromatic heterocycles. The van der Waals surface area contributed by atoms with Gasteiger partial charge in [-0.2, -0.15) is 5.10 Å². The van der Waals surface area contributed by atoms with Gasteiger partial charge in [-0.25, -0.2) is 0 Å². The van der Waals surface area contributed by atoms with Crippen molar-refractivity contribution in [2.45, 2.75) is 51.3 Å². The van der Waals surface area contributed by atoms with Crippen LogP contribution in [-0.4, -0.2) is 22.5 Å². The Morgan fingerprint density at radius 3 is 3.19 bits per heavy atom. The van der Waals surface area contributed by atoms with Gasteiger partial charge >= 0.3 is 0 Å². The molecular weight excluding hydrogens is 202 g/mol. The summed E-state index contributed by atoms with van der Waals surface area (Å²) in [5.41, 5.74) is 7.30. The summed E-state index contributed by atoms with van der Waals surface area (Å²) in [4.78, 5) is 0. The van der Waals surface area contributed by atoms with Crippen LogP contribution in [0.25, 0.3) is 0 Å². The minimum absolute atomic E-state index is 0.0223. The lowest BCUT2D eigenvalue weighted by Crippen LogP contribution is -2.31. The van der Waals surface area contributed by atoms with Crippen LogP contribution in [0.3, 0.4) is 0 Å². The molecular formula is C12H21N3O. The van der Waals surface area contributed by atoms with Crippen molar-refractivity contribution < 1.29 is 4.74 Å². The Bertz CT molecular complexity index is 318. The van der Waals surface area contributed by atoms with E-state index in [4.69, 9.17) is 10.5 Å². The molecule has 0 aliphatic carbocycles. The van der Waals surface area contributed by atoms with E-state index in [1.54, 1.807) is 0 Å². The summed E-state index contributed by atoms with van der Waals surface area (Å²) in [7, 11) is 0. The van der Waals surface area contributed by atoms with E-state index in [1.165, 1.54) is 6.42 Å². The van der Waals surface area contributed by atoms with Gasteiger partial charge in [-0.1, -0.05) is 6.92 Å². The van der Waals surface area contributed by atoms with Gasteiger partial charge in [0.1, 0.15) is 0 Å². The average molecular weight is 223 g/mol. The molecule has 1 aliphatic heterocycles. The normalized spacial score (nSPS) is 23.2. The zero-order chi connectivity index (χ0) is 11.4. The highest BCUT2D eigenvalue weighted by Gasteiger charge is 2.23. The first-order valence-corrected chi connectivity index (χ1v) is 6.21. The number of aryl methyl sites for hydroxylation is 1. The molecule has 0 saturated carbocycles. The topological polar surface area (TPSA) is 53.1 Å². The van der Waals surface area contributed by atoms with Gasteiger partial charge in [-0.3, -0.25) is 4.68 Å². The van der Waals surface area contributed by atoms with Crippen LogP contribution in [0.4, 0.5) is 0 Å². The summed E-state index contributed by atoms with van der Waals surface area (Å²) in [6.07, 6.45) is 8.65. The van der Waals surface area contributed by atoms with Crippen molar-refractivity contribution in [2.24, 2.45) is 5.73 Å². The standard InChI is InChI=1S/C12H21N3O/c1-2-6-15-9-10(8-14-15)12(13)11-5-3-4-7-16-11/h8-9,11-12H,2-7,13H2,1H3. The minimum atomic E-state index is -0.0223. The second kappa shape index (κ2) is 5.46. The van der Waals surface area contributed by atoms with E-state index < -0.39 is 0 Å². The Morgan fingerprint density at radius 2 is 2.50 bits per heavy atom. The van der Waals surface area contributed by atoms with Gasteiger partial charge in [0.25, 0.3) is 0 Å². The summed E-state index contributed by atoms with van der Waals surface area (Å²) < 4.78 is 7.66. The van der Waals surface area contributed by atoms with E-state index in [0.29, 0.717) is 0 Å². The Hall–Kier alpha value is -0.870. The molecule has 2 N–H and O–H groups in total. The van der Waals surface area contributed by atoms with E-state index in [2.05, 4.69) is 12.0 Å². The molecule has 90 valence electrons. The number of nitrogens with two attached hydrogens (primary N) is 1. The SMILES string of the molecule is CCCn1cc(C(N)C2CCCCO2)cn1. The van der Waals surface area contributed by atoms with E-state index in [-0.39, 0.29) is 12.1 Å². The highest BCUT2D eigenvalue weighted by molar-refractivity contribution is 5.11. The Kier molecular flexibility index (Phi) is 3.96. The third kappa shape index (κ3) is 2.62. The lowest BCUT2D eigenvalue weighted by atomic mass is 9.99. The predicted molar refractivity (Wildman–Crippen MR) is 63.0 cm³/mol. The van der Waals surface area contributed by atoms with Crippen LogP contribution in [0.1, 0.15) is 44.2 Å². The van der Waals surface area contributed by atoms with Crippen molar-refractivity contribution >= 4 is 0 Å². The van der Waals surface area contributed by atoms with E-state index >= 15 is 0 Å². The highest BCUT2D eigenvalue weighted by Crippen LogP contribution is 2.24. The second-order valence-electron chi connectivity index (χ2n) is 4.47. The number of aromatic nitrogens is 2. The summed E-state index contributed by atoms with van der Waals surface area (Å²) in [6, 6.07) is -0.0223. The molecule has 0 bridgehead atoms. The van der Waals surface area contributed by atoms with Crippen LogP contribution in [0.2, 0.25) is 0 Å². The molecule has 0 aromatic carbocycles. The van der Waals surface area contributed by atoms with Gasteiger partial charge in [0.2, 0.25) is 0 Å². The maximum atomic E-state index is 6.20. The zero-order valence-corrected chi connectivity index (χ0v) is 9.93. The molecule has 1 aliphatic rings.